The van der Waals surface area contributed by atoms with Crippen molar-refractivity contribution in [2.24, 2.45) is 5.41 Å². The largest absolute Gasteiger partial charge is 0.496 e. The van der Waals surface area contributed by atoms with Crippen LogP contribution < -0.4 is 26.2 Å². The van der Waals surface area contributed by atoms with E-state index in [2.05, 4.69) is 16.0 Å². The zero-order valence-electron chi connectivity index (χ0n) is 26.3. The van der Waals surface area contributed by atoms with Crippen molar-refractivity contribution in [2.45, 2.75) is 85.2 Å². The quantitative estimate of drug-likeness (QED) is 0.193. The summed E-state index contributed by atoms with van der Waals surface area (Å²) in [6.07, 6.45) is 1.58. The molecule has 0 radical (unpaired) electrons. The Morgan fingerprint density at radius 3 is 2.37 bits per heavy atom. The third-order valence-electron chi connectivity index (χ3n) is 7.14. The number of aromatic nitrogens is 1. The number of anilines is 2. The number of unbranched alkanes of at least 4 members (excludes halogenated alkanes) is 1. The highest BCUT2D eigenvalue weighted by molar-refractivity contribution is 5.85. The van der Waals surface area contributed by atoms with Crippen LogP contribution in [-0.4, -0.2) is 41.6 Å². The van der Waals surface area contributed by atoms with Gasteiger partial charge in [0.2, 0.25) is 0 Å². The van der Waals surface area contributed by atoms with Crippen LogP contribution in [-0.2, 0) is 27.4 Å². The second kappa shape index (κ2) is 12.6. The van der Waals surface area contributed by atoms with Crippen LogP contribution >= 0.6 is 0 Å². The summed E-state index contributed by atoms with van der Waals surface area (Å²) in [5.74, 6) is 0.305. The molecule has 1 aliphatic rings. The number of esters is 1. The Hall–Kier alpha value is -4.21. The molecule has 1 atom stereocenters. The zero-order chi connectivity index (χ0) is 31.4. The summed E-state index contributed by atoms with van der Waals surface area (Å²) in [7, 11) is 1.56. The van der Waals surface area contributed by atoms with Crippen LogP contribution in [0.1, 0.15) is 66.4 Å². The van der Waals surface area contributed by atoms with E-state index in [4.69, 9.17) is 14.2 Å². The second-order valence-electron chi connectivity index (χ2n) is 13.1. The molecule has 10 heteroatoms. The first-order valence-electron chi connectivity index (χ1n) is 14.7. The highest BCUT2D eigenvalue weighted by atomic mass is 16.6. The number of rotatable bonds is 10. The third kappa shape index (κ3) is 8.00. The SMILES string of the molecule is COc1cc(=O)n(CC2(CCCCOC(=O)C(C)(C)C)Nc3ccc(CNC(=O)OC(C)(C)C)cc3N2)c2ccccc12. The van der Waals surface area contributed by atoms with Crippen LogP contribution in [0.15, 0.2) is 53.3 Å². The molecule has 0 saturated heterocycles. The minimum Gasteiger partial charge on any atom is -0.496 e. The van der Waals surface area contributed by atoms with Gasteiger partial charge in [-0.25, -0.2) is 4.79 Å². The zero-order valence-corrected chi connectivity index (χ0v) is 26.3. The van der Waals surface area contributed by atoms with E-state index in [1.807, 2.05) is 84.0 Å². The number of para-hydroxylation sites is 1. The number of carbonyl (C=O) groups excluding carboxylic acids is 2. The van der Waals surface area contributed by atoms with E-state index in [9.17, 15) is 14.4 Å². The summed E-state index contributed by atoms with van der Waals surface area (Å²) in [6.45, 7) is 11.9. The highest BCUT2D eigenvalue weighted by Crippen LogP contribution is 2.38. The highest BCUT2D eigenvalue weighted by Gasteiger charge is 2.37. The first-order valence-corrected chi connectivity index (χ1v) is 14.7. The lowest BCUT2D eigenvalue weighted by atomic mass is 9.97. The molecule has 2 aromatic carbocycles. The summed E-state index contributed by atoms with van der Waals surface area (Å²) >= 11 is 0. The molecule has 1 aliphatic heterocycles. The number of ether oxygens (including phenoxy) is 3. The van der Waals surface area contributed by atoms with Crippen LogP contribution in [0.3, 0.4) is 0 Å². The van der Waals surface area contributed by atoms with Gasteiger partial charge in [-0.1, -0.05) is 18.2 Å². The van der Waals surface area contributed by atoms with Crippen molar-refractivity contribution in [3.63, 3.8) is 0 Å². The average Bonchev–Trinajstić information content (AvgIpc) is 3.29. The topological polar surface area (TPSA) is 120 Å². The maximum Gasteiger partial charge on any atom is 0.407 e. The molecule has 1 aromatic heterocycles. The Labute approximate surface area is 253 Å². The van der Waals surface area contributed by atoms with Gasteiger partial charge in [0.15, 0.2) is 0 Å². The van der Waals surface area contributed by atoms with E-state index < -0.39 is 22.8 Å². The molecular formula is C33H44N4O6. The molecule has 1 unspecified atom stereocenters. The molecule has 0 fully saturated rings. The van der Waals surface area contributed by atoms with E-state index in [-0.39, 0.29) is 11.5 Å². The van der Waals surface area contributed by atoms with Crippen LogP contribution in [0.2, 0.25) is 0 Å². The van der Waals surface area contributed by atoms with Crippen LogP contribution in [0.5, 0.6) is 5.75 Å². The molecule has 10 nitrogen and oxygen atoms in total. The fraction of sp³-hybridized carbons (Fsp3) is 0.485. The maximum absolute atomic E-state index is 13.4. The normalized spacial score (nSPS) is 16.2. The van der Waals surface area contributed by atoms with Crippen LogP contribution in [0, 0.1) is 5.41 Å². The van der Waals surface area contributed by atoms with E-state index in [1.54, 1.807) is 11.7 Å². The molecular weight excluding hydrogens is 548 g/mol. The predicted octanol–water partition coefficient (Wildman–Crippen LogP) is 6.03. The van der Waals surface area contributed by atoms with Gasteiger partial charge in [-0.2, -0.15) is 0 Å². The van der Waals surface area contributed by atoms with E-state index in [0.29, 0.717) is 38.3 Å². The molecule has 43 heavy (non-hydrogen) atoms. The van der Waals surface area contributed by atoms with E-state index in [0.717, 1.165) is 34.3 Å². The van der Waals surface area contributed by atoms with E-state index >= 15 is 0 Å². The number of fused-ring (bicyclic) bond motifs is 2. The van der Waals surface area contributed by atoms with Gasteiger partial charge >= 0.3 is 12.1 Å². The Balaban J connectivity index is 1.56. The third-order valence-corrected chi connectivity index (χ3v) is 7.14. The lowest BCUT2D eigenvalue weighted by Gasteiger charge is -2.32. The molecule has 0 bridgehead atoms. The number of methoxy groups -OCH3 is 1. The molecule has 0 aliphatic carbocycles. The molecule has 3 N–H and O–H groups in total. The second-order valence-corrected chi connectivity index (χ2v) is 13.1. The molecule has 4 rings (SSSR count). The number of nitrogens with zero attached hydrogens (tertiary/aromatic N) is 1. The van der Waals surface area contributed by atoms with Gasteiger partial charge < -0.3 is 34.7 Å². The first-order chi connectivity index (χ1) is 20.2. The standard InChI is InChI=1S/C33H44N4O6/c1-31(2,3)29(39)42-17-11-10-16-33(21-37-26-13-9-8-12-23(26)27(41-7)19-28(37)38)35-24-15-14-22(18-25(24)36-33)20-34-30(40)43-32(4,5)6/h8-9,12-15,18-19,35-36H,10-11,16-17,20-21H2,1-7H3,(H,34,40). The van der Waals surface area contributed by atoms with Crippen molar-refractivity contribution in [1.82, 2.24) is 9.88 Å². The van der Waals surface area contributed by atoms with Crippen molar-refractivity contribution in [3.8, 4) is 5.75 Å². The Morgan fingerprint density at radius 1 is 0.953 bits per heavy atom. The van der Waals surface area contributed by atoms with Crippen LogP contribution in [0.25, 0.3) is 10.9 Å². The van der Waals surface area contributed by atoms with Crippen molar-refractivity contribution >= 4 is 34.3 Å². The van der Waals surface area contributed by atoms with Crippen molar-refractivity contribution < 1.29 is 23.8 Å². The number of hydrogen-bond donors (Lipinski definition) is 3. The fourth-order valence-electron chi connectivity index (χ4n) is 5.05. The summed E-state index contributed by atoms with van der Waals surface area (Å²) in [5.41, 5.74) is 1.43. The summed E-state index contributed by atoms with van der Waals surface area (Å²) in [4.78, 5) is 37.8. The number of alkyl carbamates (subject to hydrolysis) is 1. The lowest BCUT2D eigenvalue weighted by molar-refractivity contribution is -0.153. The van der Waals surface area contributed by atoms with Gasteiger partial charge in [0, 0.05) is 18.0 Å². The molecule has 0 spiro atoms. The smallest absolute Gasteiger partial charge is 0.407 e. The maximum atomic E-state index is 13.4. The molecule has 0 saturated carbocycles. The van der Waals surface area contributed by atoms with Gasteiger partial charge in [0.1, 0.15) is 17.0 Å². The van der Waals surface area contributed by atoms with Gasteiger partial charge in [-0.15, -0.1) is 0 Å². The van der Waals surface area contributed by atoms with Crippen molar-refractivity contribution in [3.05, 3.63) is 64.4 Å². The summed E-state index contributed by atoms with van der Waals surface area (Å²) < 4.78 is 18.1. The Kier molecular flexibility index (Phi) is 9.27. The Bertz CT molecular complexity index is 1540. The van der Waals surface area contributed by atoms with Gasteiger partial charge in [0.25, 0.3) is 5.56 Å². The first kappa shape index (κ1) is 31.7. The van der Waals surface area contributed by atoms with E-state index in [1.165, 1.54) is 6.07 Å². The van der Waals surface area contributed by atoms with Gasteiger partial charge in [0.05, 0.1) is 42.6 Å². The number of nitrogens with one attached hydrogen (secondary N) is 3. The predicted molar refractivity (Wildman–Crippen MR) is 169 cm³/mol. The molecule has 2 heterocycles. The Morgan fingerprint density at radius 2 is 1.67 bits per heavy atom. The van der Waals surface area contributed by atoms with Gasteiger partial charge in [-0.05, 0) is 90.6 Å². The molecule has 232 valence electrons. The van der Waals surface area contributed by atoms with Crippen molar-refractivity contribution in [2.75, 3.05) is 24.4 Å². The lowest BCUT2D eigenvalue weighted by Crippen LogP contribution is -2.48. The monoisotopic (exact) mass is 592 g/mol. The van der Waals surface area contributed by atoms with Gasteiger partial charge in [-0.3, -0.25) is 9.59 Å². The van der Waals surface area contributed by atoms with Crippen molar-refractivity contribution in [1.29, 1.82) is 0 Å². The number of carbonyl (C=O) groups is 2. The minimum absolute atomic E-state index is 0.171. The average molecular weight is 593 g/mol. The number of pyridine rings is 1. The number of hydrogen-bond acceptors (Lipinski definition) is 8. The summed E-state index contributed by atoms with van der Waals surface area (Å²) in [5, 5.41) is 10.9. The number of benzene rings is 2. The van der Waals surface area contributed by atoms with Crippen LogP contribution in [0.4, 0.5) is 16.2 Å². The number of amides is 1. The summed E-state index contributed by atoms with van der Waals surface area (Å²) in [6, 6.07) is 15.1. The molecule has 3 aromatic rings. The molecule has 1 amide bonds. The fourth-order valence-corrected chi connectivity index (χ4v) is 5.05. The minimum atomic E-state index is -0.700.